The number of aliphatic hydroxyl groups excluding tert-OH is 3. The monoisotopic (exact) mass is 1050 g/mol. The molecule has 15 atom stereocenters. The standard InChI is InChI=1S/C56H87NO17/c1-33-17-13-12-15-23-55(8,67)30-37(5)48(62)49(71-11)47(61)36(4)25-34(2)42(60)29-45(35(3)26-39-20-22-43(46(27-39)70-10)73-53(66)54(7,31-58)32-59)72-52(65)41-18-14-16-24-57(41)51(64)50(63)56(68)38(6)19-21-40(74-56)28-44(33)69-9/h12-13,15,17,23,25,34-35,37-41,43-47,49,58-59,61,67-68H,14,16,18-22,24,26-32H2,1-11H3/b13-12+,23-15+,33-17+,36-25+/t34-,35-,37-,38-,39?,40?,41+,43-,44+,45+,46-,47-,49-,55+,56-/m1/s1. The van der Waals surface area contributed by atoms with Gasteiger partial charge in [0.15, 0.2) is 5.78 Å². The third-order valence-electron chi connectivity index (χ3n) is 15.9. The summed E-state index contributed by atoms with van der Waals surface area (Å²) in [6.07, 6.45) is 7.63. The second-order valence-corrected chi connectivity index (χ2v) is 22.2. The van der Waals surface area contributed by atoms with E-state index < -0.39 is 132 Å². The fraction of sp³-hybridized carbons (Fsp3) is 0.750. The summed E-state index contributed by atoms with van der Waals surface area (Å²) >= 11 is 0. The van der Waals surface area contributed by atoms with Crippen LogP contribution >= 0.6 is 0 Å². The highest BCUT2D eigenvalue weighted by molar-refractivity contribution is 6.39. The first kappa shape index (κ1) is 62.6. The molecule has 0 aromatic carbocycles. The Bertz CT molecular complexity index is 2060. The van der Waals surface area contributed by atoms with Crippen LogP contribution in [0.15, 0.2) is 47.6 Å². The third-order valence-corrected chi connectivity index (χ3v) is 15.9. The van der Waals surface area contributed by atoms with E-state index in [-0.39, 0.29) is 49.5 Å². The van der Waals surface area contributed by atoms with E-state index in [1.807, 2.05) is 19.9 Å². The van der Waals surface area contributed by atoms with Crippen LogP contribution in [0, 0.1) is 35.0 Å². The van der Waals surface area contributed by atoms with Crippen molar-refractivity contribution in [3.63, 3.8) is 0 Å². The van der Waals surface area contributed by atoms with Crippen molar-refractivity contribution >= 4 is 35.2 Å². The Labute approximate surface area is 437 Å². The van der Waals surface area contributed by atoms with E-state index in [1.54, 1.807) is 58.9 Å². The Morgan fingerprint density at radius 2 is 1.57 bits per heavy atom. The molecule has 3 aliphatic heterocycles. The topological polar surface area (TPSA) is 262 Å². The number of ether oxygens (including phenoxy) is 6. The van der Waals surface area contributed by atoms with Gasteiger partial charge in [0.25, 0.3) is 11.7 Å². The van der Waals surface area contributed by atoms with Gasteiger partial charge in [-0.3, -0.25) is 24.0 Å². The number of hydrogen-bond acceptors (Lipinski definition) is 17. The molecular formula is C56H87NO17. The summed E-state index contributed by atoms with van der Waals surface area (Å²) in [5, 5.41) is 54.4. The SMILES string of the molecule is CO[C@H]1CC2CC[C@@H](C)[C@@](O)(O2)C(=O)C(=O)N2CCCC[C@H]2C(=O)O[C@H]([C@H](C)CC2CC[C@@H](OC(=O)C(C)(CO)CO)[C@H](OC)C2)CC(=O)[C@H](C)/C=C(\C)[C@@H](O)[C@@H](OC)C(=O)[C@H](C)C[C@@](C)(O)/C=C/C=C/C=C/1C. The van der Waals surface area contributed by atoms with Gasteiger partial charge >= 0.3 is 11.9 Å². The van der Waals surface area contributed by atoms with Crippen molar-refractivity contribution in [2.24, 2.45) is 35.0 Å². The first-order valence-electron chi connectivity index (χ1n) is 26.4. The molecular weight excluding hydrogens is 959 g/mol. The summed E-state index contributed by atoms with van der Waals surface area (Å²) in [4.78, 5) is 85.4. The molecule has 4 aliphatic rings. The molecule has 1 aliphatic carbocycles. The molecule has 4 rings (SSSR count). The predicted octanol–water partition coefficient (Wildman–Crippen LogP) is 4.84. The zero-order valence-electron chi connectivity index (χ0n) is 45.7. The summed E-state index contributed by atoms with van der Waals surface area (Å²) < 4.78 is 35.3. The number of amides is 1. The minimum atomic E-state index is -2.50. The van der Waals surface area contributed by atoms with Gasteiger partial charge in [-0.25, -0.2) is 4.79 Å². The van der Waals surface area contributed by atoms with E-state index in [4.69, 9.17) is 28.4 Å². The molecule has 0 spiro atoms. The molecule has 418 valence electrons. The van der Waals surface area contributed by atoms with Gasteiger partial charge in [-0.1, -0.05) is 64.2 Å². The van der Waals surface area contributed by atoms with Crippen molar-refractivity contribution in [1.82, 2.24) is 4.90 Å². The first-order chi connectivity index (χ1) is 34.8. The van der Waals surface area contributed by atoms with Crippen molar-refractivity contribution in [2.75, 3.05) is 41.1 Å². The number of cyclic esters (lactones) is 1. The van der Waals surface area contributed by atoms with Crippen molar-refractivity contribution in [2.45, 2.75) is 193 Å². The molecule has 0 aromatic heterocycles. The predicted molar refractivity (Wildman–Crippen MR) is 273 cm³/mol. The van der Waals surface area contributed by atoms with Crippen LogP contribution in [0.3, 0.4) is 0 Å². The van der Waals surface area contributed by atoms with Gasteiger partial charge < -0.3 is 58.9 Å². The lowest BCUT2D eigenvalue weighted by Gasteiger charge is -2.42. The highest BCUT2D eigenvalue weighted by Gasteiger charge is 2.53. The zero-order chi connectivity index (χ0) is 55.3. The van der Waals surface area contributed by atoms with Crippen LogP contribution in [0.5, 0.6) is 0 Å². The second kappa shape index (κ2) is 27.9. The van der Waals surface area contributed by atoms with Gasteiger partial charge in [0.05, 0.1) is 37.1 Å². The molecule has 2 saturated heterocycles. The highest BCUT2D eigenvalue weighted by Crippen LogP contribution is 2.38. The molecule has 2 unspecified atom stereocenters. The smallest absolute Gasteiger partial charge is 0.329 e. The van der Waals surface area contributed by atoms with Crippen LogP contribution in [0.4, 0.5) is 0 Å². The van der Waals surface area contributed by atoms with E-state index in [2.05, 4.69) is 0 Å². The Balaban J connectivity index is 1.71. The minimum absolute atomic E-state index is 0.00808. The molecule has 18 heteroatoms. The Kier molecular flexibility index (Phi) is 23.6. The van der Waals surface area contributed by atoms with E-state index in [9.17, 15) is 54.3 Å². The van der Waals surface area contributed by atoms with Crippen LogP contribution in [0.2, 0.25) is 0 Å². The normalized spacial score (nSPS) is 38.1. The molecule has 0 radical (unpaired) electrons. The van der Waals surface area contributed by atoms with E-state index in [1.165, 1.54) is 34.3 Å². The number of methoxy groups -OCH3 is 3. The maximum atomic E-state index is 14.5. The van der Waals surface area contributed by atoms with Crippen LogP contribution in [0.1, 0.15) is 132 Å². The van der Waals surface area contributed by atoms with Gasteiger partial charge in [0, 0.05) is 58.5 Å². The molecule has 1 saturated carbocycles. The number of esters is 2. The maximum Gasteiger partial charge on any atom is 0.329 e. The van der Waals surface area contributed by atoms with Crippen LogP contribution in [0.25, 0.3) is 0 Å². The minimum Gasteiger partial charge on any atom is -0.460 e. The van der Waals surface area contributed by atoms with Crippen LogP contribution in [-0.2, 0) is 57.2 Å². The molecule has 0 aromatic rings. The lowest BCUT2D eigenvalue weighted by atomic mass is 9.78. The number of ketones is 3. The lowest BCUT2D eigenvalue weighted by molar-refractivity contribution is -0.265. The quantitative estimate of drug-likeness (QED) is 0.111. The van der Waals surface area contributed by atoms with Gasteiger partial charge in [-0.2, -0.15) is 0 Å². The molecule has 3 heterocycles. The molecule has 74 heavy (non-hydrogen) atoms. The Morgan fingerprint density at radius 1 is 0.878 bits per heavy atom. The fourth-order valence-corrected chi connectivity index (χ4v) is 10.7. The number of piperidine rings is 1. The lowest BCUT2D eigenvalue weighted by Crippen LogP contribution is -2.61. The number of allylic oxidation sites excluding steroid dienone is 5. The molecule has 2 bridgehead atoms. The number of carbonyl (C=O) groups excluding carboxylic acids is 6. The summed E-state index contributed by atoms with van der Waals surface area (Å²) in [5.74, 6) is -10.0. The van der Waals surface area contributed by atoms with Crippen molar-refractivity contribution in [3.8, 4) is 0 Å². The summed E-state index contributed by atoms with van der Waals surface area (Å²) in [6.45, 7) is 12.0. The van der Waals surface area contributed by atoms with Crippen molar-refractivity contribution in [3.05, 3.63) is 47.6 Å². The summed E-state index contributed by atoms with van der Waals surface area (Å²) in [5.41, 5.74) is -1.85. The van der Waals surface area contributed by atoms with Gasteiger partial charge in [0.1, 0.15) is 41.7 Å². The average Bonchev–Trinajstić information content (AvgIpc) is 3.37. The van der Waals surface area contributed by atoms with Gasteiger partial charge in [-0.05, 0) is 115 Å². The highest BCUT2D eigenvalue weighted by atomic mass is 16.6. The van der Waals surface area contributed by atoms with Gasteiger partial charge in [0.2, 0.25) is 5.79 Å². The van der Waals surface area contributed by atoms with Crippen LogP contribution in [-0.4, -0.2) is 167 Å². The molecule has 1 amide bonds. The summed E-state index contributed by atoms with van der Waals surface area (Å²) in [7, 11) is 4.33. The van der Waals surface area contributed by atoms with E-state index >= 15 is 0 Å². The number of nitrogens with zero attached hydrogens (tertiary/aromatic N) is 1. The zero-order valence-corrected chi connectivity index (χ0v) is 45.7. The van der Waals surface area contributed by atoms with Crippen LogP contribution < -0.4 is 0 Å². The number of hydrogen-bond donors (Lipinski definition) is 5. The Hall–Kier alpha value is -3.98. The maximum absolute atomic E-state index is 14.5. The van der Waals surface area contributed by atoms with Crippen molar-refractivity contribution < 1.29 is 82.7 Å². The molecule has 3 fully saturated rings. The van der Waals surface area contributed by atoms with Gasteiger partial charge in [-0.15, -0.1) is 0 Å². The number of fused-ring (bicyclic) bond motifs is 3. The number of aliphatic hydroxyl groups is 5. The number of Topliss-reactive ketones (excluding diaryl/α,β-unsaturated/α-hetero) is 3. The fourth-order valence-electron chi connectivity index (χ4n) is 10.7. The molecule has 18 nitrogen and oxygen atoms in total. The van der Waals surface area contributed by atoms with E-state index in [0.717, 1.165) is 10.5 Å². The first-order valence-corrected chi connectivity index (χ1v) is 26.4. The number of carbonyl (C=O) groups is 6. The second-order valence-electron chi connectivity index (χ2n) is 22.2. The van der Waals surface area contributed by atoms with E-state index in [0.29, 0.717) is 51.4 Å². The Morgan fingerprint density at radius 3 is 2.20 bits per heavy atom. The average molecular weight is 1050 g/mol. The molecule has 5 N–H and O–H groups in total. The van der Waals surface area contributed by atoms with Crippen molar-refractivity contribution in [1.29, 1.82) is 0 Å². The largest absolute Gasteiger partial charge is 0.460 e. The third kappa shape index (κ3) is 16.0. The summed E-state index contributed by atoms with van der Waals surface area (Å²) in [6, 6.07) is -1.22. The number of rotatable bonds is 10.